The molecule has 11 heteroatoms. The van der Waals surface area contributed by atoms with Gasteiger partial charge in [0.25, 0.3) is 10.0 Å². The van der Waals surface area contributed by atoms with Crippen molar-refractivity contribution in [3.05, 3.63) is 87.9 Å². The fraction of sp³-hybridized carbons (Fsp3) is 0.355. The van der Waals surface area contributed by atoms with E-state index in [-0.39, 0.29) is 23.0 Å². The number of amides is 2. The molecule has 1 atom stereocenters. The lowest BCUT2D eigenvalue weighted by atomic mass is 10.1. The number of ether oxygens (including phenoxy) is 1. The van der Waals surface area contributed by atoms with E-state index < -0.39 is 28.5 Å². The van der Waals surface area contributed by atoms with Crippen LogP contribution in [0.5, 0.6) is 5.75 Å². The molecule has 0 aliphatic carbocycles. The molecule has 0 aliphatic heterocycles. The van der Waals surface area contributed by atoms with Gasteiger partial charge in [0.05, 0.1) is 27.7 Å². The quantitative estimate of drug-likeness (QED) is 0.212. The van der Waals surface area contributed by atoms with Crippen molar-refractivity contribution in [1.29, 1.82) is 0 Å². The molecule has 8 nitrogen and oxygen atoms in total. The maximum Gasteiger partial charge on any atom is 0.264 e. The van der Waals surface area contributed by atoms with E-state index in [4.69, 9.17) is 27.9 Å². The second-order valence-electron chi connectivity index (χ2n) is 9.86. The standard InChI is InChI=1S/C31H37Cl2N3O5S/c1-5-7-18-34-31(38)29(6-2)35(20-23-10-17-27(32)28(33)19-23)30(37)21-36(24-11-13-25(41-4)14-12-24)42(39,40)26-15-8-22(3)9-16-26/h8-17,19,29H,5-7,18,20-21H2,1-4H3,(H,34,38). The highest BCUT2D eigenvalue weighted by atomic mass is 35.5. The van der Waals surface area contributed by atoms with Crippen LogP contribution in [0.15, 0.2) is 71.6 Å². The number of anilines is 1. The van der Waals surface area contributed by atoms with Gasteiger partial charge < -0.3 is 15.0 Å². The van der Waals surface area contributed by atoms with E-state index in [1.54, 1.807) is 54.6 Å². The summed E-state index contributed by atoms with van der Waals surface area (Å²) in [4.78, 5) is 28.9. The molecule has 1 unspecified atom stereocenters. The minimum atomic E-state index is -4.17. The predicted octanol–water partition coefficient (Wildman–Crippen LogP) is 6.23. The van der Waals surface area contributed by atoms with Gasteiger partial charge in [0.15, 0.2) is 0 Å². The molecule has 0 radical (unpaired) electrons. The van der Waals surface area contributed by atoms with E-state index in [1.165, 1.54) is 24.1 Å². The van der Waals surface area contributed by atoms with E-state index in [0.29, 0.717) is 34.3 Å². The number of carbonyl (C=O) groups is 2. The summed E-state index contributed by atoms with van der Waals surface area (Å²) >= 11 is 12.4. The smallest absolute Gasteiger partial charge is 0.264 e. The molecule has 0 fully saturated rings. The number of sulfonamides is 1. The summed E-state index contributed by atoms with van der Waals surface area (Å²) in [7, 11) is -2.66. The topological polar surface area (TPSA) is 96.0 Å². The van der Waals surface area contributed by atoms with E-state index in [0.717, 1.165) is 22.7 Å². The molecule has 0 spiro atoms. The average molecular weight is 635 g/mol. The summed E-state index contributed by atoms with van der Waals surface area (Å²) in [6, 6.07) is 17.0. The van der Waals surface area contributed by atoms with E-state index in [1.807, 2.05) is 20.8 Å². The van der Waals surface area contributed by atoms with E-state index in [9.17, 15) is 18.0 Å². The number of methoxy groups -OCH3 is 1. The number of unbranched alkanes of at least 4 members (excludes halogenated alkanes) is 1. The Kier molecular flexibility index (Phi) is 12.1. The molecule has 3 aromatic carbocycles. The average Bonchev–Trinajstić information content (AvgIpc) is 2.98. The summed E-state index contributed by atoms with van der Waals surface area (Å²) in [6.45, 7) is 5.65. The van der Waals surface area contributed by atoms with Crippen LogP contribution in [0.3, 0.4) is 0 Å². The van der Waals surface area contributed by atoms with Crippen molar-refractivity contribution < 1.29 is 22.7 Å². The first-order valence-corrected chi connectivity index (χ1v) is 16.0. The van der Waals surface area contributed by atoms with E-state index in [2.05, 4.69) is 5.32 Å². The van der Waals surface area contributed by atoms with E-state index >= 15 is 0 Å². The zero-order valence-electron chi connectivity index (χ0n) is 24.3. The van der Waals surface area contributed by atoms with Crippen LogP contribution in [0.4, 0.5) is 5.69 Å². The third-order valence-corrected chi connectivity index (χ3v) is 9.33. The van der Waals surface area contributed by atoms with Crippen LogP contribution < -0.4 is 14.4 Å². The number of hydrogen-bond acceptors (Lipinski definition) is 5. The highest BCUT2D eigenvalue weighted by Crippen LogP contribution is 2.28. The maximum absolute atomic E-state index is 14.1. The first-order valence-electron chi connectivity index (χ1n) is 13.8. The molecule has 0 bridgehead atoms. The molecular weight excluding hydrogens is 597 g/mol. The molecule has 3 rings (SSSR count). The molecule has 0 heterocycles. The van der Waals surface area contributed by atoms with Gasteiger partial charge in [0, 0.05) is 13.1 Å². The lowest BCUT2D eigenvalue weighted by molar-refractivity contribution is -0.140. The number of rotatable bonds is 14. The number of halogens is 2. The lowest BCUT2D eigenvalue weighted by Gasteiger charge is -2.33. The molecule has 0 aliphatic rings. The molecule has 42 heavy (non-hydrogen) atoms. The normalized spacial score (nSPS) is 12.0. The molecule has 1 N–H and O–H groups in total. The Bertz CT molecular complexity index is 1460. The highest BCUT2D eigenvalue weighted by Gasteiger charge is 2.33. The van der Waals surface area contributed by atoms with Crippen LogP contribution in [0.1, 0.15) is 44.2 Å². The van der Waals surface area contributed by atoms with Gasteiger partial charge >= 0.3 is 0 Å². The van der Waals surface area contributed by atoms with Crippen LogP contribution in [0.2, 0.25) is 10.0 Å². The van der Waals surface area contributed by atoms with Crippen molar-refractivity contribution in [3.63, 3.8) is 0 Å². The third kappa shape index (κ3) is 8.40. The predicted molar refractivity (Wildman–Crippen MR) is 168 cm³/mol. The molecular formula is C31H37Cl2N3O5S. The molecule has 0 saturated heterocycles. The Morgan fingerprint density at radius 3 is 2.19 bits per heavy atom. The largest absolute Gasteiger partial charge is 0.497 e. The number of nitrogens with zero attached hydrogens (tertiary/aromatic N) is 2. The molecule has 0 saturated carbocycles. The van der Waals surface area contributed by atoms with Gasteiger partial charge in [-0.1, -0.05) is 67.2 Å². The Morgan fingerprint density at radius 1 is 0.952 bits per heavy atom. The van der Waals surface area contributed by atoms with Gasteiger partial charge in [-0.2, -0.15) is 0 Å². The third-order valence-electron chi connectivity index (χ3n) is 6.80. The van der Waals surface area contributed by atoms with Crippen molar-refractivity contribution >= 4 is 50.7 Å². The van der Waals surface area contributed by atoms with Crippen molar-refractivity contribution in [2.75, 3.05) is 24.5 Å². The fourth-order valence-electron chi connectivity index (χ4n) is 4.38. The van der Waals surface area contributed by atoms with Gasteiger partial charge in [0.1, 0.15) is 18.3 Å². The summed E-state index contributed by atoms with van der Waals surface area (Å²) in [5.41, 5.74) is 1.82. The van der Waals surface area contributed by atoms with Crippen molar-refractivity contribution in [3.8, 4) is 5.75 Å². The minimum absolute atomic E-state index is 0.0243. The molecule has 3 aromatic rings. The highest BCUT2D eigenvalue weighted by molar-refractivity contribution is 7.92. The second-order valence-corrected chi connectivity index (χ2v) is 12.5. The zero-order chi connectivity index (χ0) is 30.9. The SMILES string of the molecule is CCCCNC(=O)C(CC)N(Cc1ccc(Cl)c(Cl)c1)C(=O)CN(c1ccc(OC)cc1)S(=O)(=O)c1ccc(C)cc1. The van der Waals surface area contributed by atoms with Crippen LogP contribution in [-0.2, 0) is 26.2 Å². The van der Waals surface area contributed by atoms with Crippen LogP contribution >= 0.6 is 23.2 Å². The second kappa shape index (κ2) is 15.3. The summed E-state index contributed by atoms with van der Waals surface area (Å²) < 4.78 is 34.2. The van der Waals surface area contributed by atoms with Crippen LogP contribution in [-0.4, -0.2) is 51.4 Å². The minimum Gasteiger partial charge on any atom is -0.497 e. The number of nitrogens with one attached hydrogen (secondary N) is 1. The lowest BCUT2D eigenvalue weighted by Crippen LogP contribution is -2.52. The van der Waals surface area contributed by atoms with Crippen molar-refractivity contribution in [1.82, 2.24) is 10.2 Å². The van der Waals surface area contributed by atoms with Gasteiger partial charge in [-0.15, -0.1) is 0 Å². The molecule has 2 amide bonds. The van der Waals surface area contributed by atoms with Gasteiger partial charge in [0.2, 0.25) is 11.8 Å². The maximum atomic E-state index is 14.1. The molecule has 0 aromatic heterocycles. The monoisotopic (exact) mass is 633 g/mol. The number of hydrogen-bond donors (Lipinski definition) is 1. The van der Waals surface area contributed by atoms with Gasteiger partial charge in [-0.25, -0.2) is 8.42 Å². The Hall–Kier alpha value is -3.27. The number of benzene rings is 3. The Labute approximate surface area is 258 Å². The summed E-state index contributed by atoms with van der Waals surface area (Å²) in [5, 5.41) is 3.58. The van der Waals surface area contributed by atoms with Crippen molar-refractivity contribution in [2.24, 2.45) is 0 Å². The van der Waals surface area contributed by atoms with Crippen LogP contribution in [0, 0.1) is 6.92 Å². The fourth-order valence-corrected chi connectivity index (χ4v) is 6.11. The van der Waals surface area contributed by atoms with Gasteiger partial charge in [-0.3, -0.25) is 13.9 Å². The Balaban J connectivity index is 2.05. The van der Waals surface area contributed by atoms with Crippen molar-refractivity contribution in [2.45, 2.75) is 57.5 Å². The zero-order valence-corrected chi connectivity index (χ0v) is 26.6. The Morgan fingerprint density at radius 2 is 1.62 bits per heavy atom. The molecule has 226 valence electrons. The first-order chi connectivity index (χ1) is 20.0. The summed E-state index contributed by atoms with van der Waals surface area (Å²) in [5.74, 6) is -0.324. The first kappa shape index (κ1) is 33.2. The van der Waals surface area contributed by atoms with Crippen LogP contribution in [0.25, 0.3) is 0 Å². The number of aryl methyl sites for hydroxylation is 1. The van der Waals surface area contributed by atoms with Gasteiger partial charge in [-0.05, 0) is 73.9 Å². The summed E-state index contributed by atoms with van der Waals surface area (Å²) in [6.07, 6.45) is 2.01. The number of carbonyl (C=O) groups excluding carboxylic acids is 2.